The summed E-state index contributed by atoms with van der Waals surface area (Å²) in [6.45, 7) is 12.7. The topological polar surface area (TPSA) is 61.8 Å². The molecule has 1 aliphatic heterocycles. The van der Waals surface area contributed by atoms with Crippen LogP contribution < -0.4 is 0 Å². The molecule has 4 fully saturated rings. The van der Waals surface area contributed by atoms with Crippen LogP contribution >= 0.6 is 0 Å². The Labute approximate surface area is 175 Å². The first-order chi connectivity index (χ1) is 13.5. The van der Waals surface area contributed by atoms with Crippen LogP contribution in [0.2, 0.25) is 0 Å². The number of hydrogen-bond acceptors (Lipinski definition) is 5. The molecule has 8 unspecified atom stereocenters. The van der Waals surface area contributed by atoms with Gasteiger partial charge in [-0.1, -0.05) is 34.1 Å². The van der Waals surface area contributed by atoms with Crippen molar-refractivity contribution in [2.75, 3.05) is 0 Å². The summed E-state index contributed by atoms with van der Waals surface area (Å²) in [5.74, 6) is 0.818. The SMILES string of the molecule is CC(=O)OC1OC(OC(C)=O)C2C1CCC1C2(C)CCC2C(C)(C)CCCC21C. The molecule has 0 amide bonds. The van der Waals surface area contributed by atoms with Crippen LogP contribution in [-0.2, 0) is 23.8 Å². The summed E-state index contributed by atoms with van der Waals surface area (Å²) in [5.41, 5.74) is 0.712. The van der Waals surface area contributed by atoms with E-state index in [0.717, 1.165) is 25.2 Å². The smallest absolute Gasteiger partial charge is 0.304 e. The van der Waals surface area contributed by atoms with Crippen molar-refractivity contribution in [2.24, 2.45) is 39.9 Å². The lowest BCUT2D eigenvalue weighted by molar-refractivity contribution is -0.224. The fourth-order valence-corrected chi connectivity index (χ4v) is 8.45. The maximum Gasteiger partial charge on any atom is 0.304 e. The average Bonchev–Trinajstić information content (AvgIpc) is 2.90. The molecule has 164 valence electrons. The highest BCUT2D eigenvalue weighted by molar-refractivity contribution is 5.66. The van der Waals surface area contributed by atoms with Gasteiger partial charge in [-0.15, -0.1) is 0 Å². The monoisotopic (exact) mass is 406 g/mol. The molecule has 3 aliphatic carbocycles. The van der Waals surface area contributed by atoms with Gasteiger partial charge in [-0.05, 0) is 66.6 Å². The number of carbonyl (C=O) groups excluding carboxylic acids is 2. The predicted molar refractivity (Wildman–Crippen MR) is 108 cm³/mol. The molecule has 1 heterocycles. The number of rotatable bonds is 2. The van der Waals surface area contributed by atoms with Gasteiger partial charge >= 0.3 is 11.9 Å². The van der Waals surface area contributed by atoms with Gasteiger partial charge < -0.3 is 14.2 Å². The summed E-state index contributed by atoms with van der Waals surface area (Å²) in [5, 5.41) is 0. The summed E-state index contributed by atoms with van der Waals surface area (Å²) in [7, 11) is 0. The summed E-state index contributed by atoms with van der Waals surface area (Å²) in [4.78, 5) is 23.5. The predicted octanol–water partition coefficient (Wildman–Crippen LogP) is 5.07. The van der Waals surface area contributed by atoms with Crippen LogP contribution in [0.15, 0.2) is 0 Å². The molecule has 0 spiro atoms. The maximum atomic E-state index is 11.8. The van der Waals surface area contributed by atoms with Crippen LogP contribution in [-0.4, -0.2) is 24.5 Å². The number of ether oxygens (including phenoxy) is 3. The Hall–Kier alpha value is -1.10. The molecule has 0 radical (unpaired) electrons. The third-order valence-corrected chi connectivity index (χ3v) is 9.33. The third-order valence-electron chi connectivity index (χ3n) is 9.33. The molecule has 29 heavy (non-hydrogen) atoms. The van der Waals surface area contributed by atoms with Crippen LogP contribution in [0.5, 0.6) is 0 Å². The highest BCUT2D eigenvalue weighted by Gasteiger charge is 2.67. The van der Waals surface area contributed by atoms with Gasteiger partial charge in [-0.25, -0.2) is 0 Å². The lowest BCUT2D eigenvalue weighted by Gasteiger charge is -2.66. The second kappa shape index (κ2) is 6.96. The first-order valence-electron chi connectivity index (χ1n) is 11.5. The van der Waals surface area contributed by atoms with E-state index in [9.17, 15) is 9.59 Å². The Morgan fingerprint density at radius 1 is 0.793 bits per heavy atom. The van der Waals surface area contributed by atoms with Crippen LogP contribution in [0, 0.1) is 39.9 Å². The molecular formula is C24H38O5. The molecule has 1 saturated heterocycles. The summed E-state index contributed by atoms with van der Waals surface area (Å²) in [6, 6.07) is 0. The molecule has 0 aromatic heterocycles. The molecule has 5 nitrogen and oxygen atoms in total. The molecule has 4 rings (SSSR count). The minimum atomic E-state index is -0.619. The standard InChI is InChI=1S/C24H38O5/c1-14(25)27-20-16-8-9-18-23(5)12-7-11-22(3,4)17(23)10-13-24(18,6)19(16)21(29-20)28-15(2)26/h16-21H,7-13H2,1-6H3. The van der Waals surface area contributed by atoms with Gasteiger partial charge in [0.15, 0.2) is 0 Å². The van der Waals surface area contributed by atoms with Gasteiger partial charge in [0.25, 0.3) is 0 Å². The van der Waals surface area contributed by atoms with Gasteiger partial charge in [0, 0.05) is 25.7 Å². The van der Waals surface area contributed by atoms with E-state index >= 15 is 0 Å². The van der Waals surface area contributed by atoms with E-state index in [1.165, 1.54) is 39.5 Å². The Bertz CT molecular complexity index is 687. The molecular weight excluding hydrogens is 368 g/mol. The number of hydrogen-bond donors (Lipinski definition) is 0. The second-order valence-electron chi connectivity index (χ2n) is 11.4. The number of carbonyl (C=O) groups is 2. The van der Waals surface area contributed by atoms with Gasteiger partial charge in [-0.2, -0.15) is 0 Å². The minimum absolute atomic E-state index is 0.0244. The van der Waals surface area contributed by atoms with Crippen molar-refractivity contribution in [1.29, 1.82) is 0 Å². The molecule has 8 atom stereocenters. The van der Waals surface area contributed by atoms with Crippen molar-refractivity contribution in [1.82, 2.24) is 0 Å². The van der Waals surface area contributed by atoms with Crippen LogP contribution in [0.25, 0.3) is 0 Å². The van der Waals surface area contributed by atoms with Crippen LogP contribution in [0.3, 0.4) is 0 Å². The molecule has 3 saturated carbocycles. The largest absolute Gasteiger partial charge is 0.435 e. The highest BCUT2D eigenvalue weighted by Crippen LogP contribution is 2.70. The zero-order valence-corrected chi connectivity index (χ0v) is 19.0. The van der Waals surface area contributed by atoms with E-state index in [-0.39, 0.29) is 29.2 Å². The van der Waals surface area contributed by atoms with Gasteiger partial charge in [0.2, 0.25) is 12.6 Å². The second-order valence-corrected chi connectivity index (χ2v) is 11.4. The van der Waals surface area contributed by atoms with Crippen LogP contribution in [0.1, 0.15) is 86.5 Å². The van der Waals surface area contributed by atoms with Crippen molar-refractivity contribution in [3.63, 3.8) is 0 Å². The van der Waals surface area contributed by atoms with Gasteiger partial charge in [-0.3, -0.25) is 9.59 Å². The van der Waals surface area contributed by atoms with Gasteiger partial charge in [0.05, 0.1) is 0 Å². The Morgan fingerprint density at radius 3 is 2.10 bits per heavy atom. The fraction of sp³-hybridized carbons (Fsp3) is 0.917. The van der Waals surface area contributed by atoms with E-state index in [0.29, 0.717) is 16.7 Å². The summed E-state index contributed by atoms with van der Waals surface area (Å²) < 4.78 is 17.3. The average molecular weight is 407 g/mol. The highest BCUT2D eigenvalue weighted by atomic mass is 16.8. The summed E-state index contributed by atoms with van der Waals surface area (Å²) in [6.07, 6.45) is 7.10. The molecule has 4 aliphatic rings. The molecule has 0 N–H and O–H groups in total. The Balaban J connectivity index is 1.70. The van der Waals surface area contributed by atoms with Crippen molar-refractivity contribution < 1.29 is 23.8 Å². The molecule has 5 heteroatoms. The van der Waals surface area contributed by atoms with Gasteiger partial charge in [0.1, 0.15) is 0 Å². The Kier molecular flexibility index (Phi) is 5.08. The number of esters is 2. The minimum Gasteiger partial charge on any atom is -0.435 e. The van der Waals surface area contributed by atoms with E-state index in [2.05, 4.69) is 27.7 Å². The van der Waals surface area contributed by atoms with Crippen molar-refractivity contribution in [3.05, 3.63) is 0 Å². The van der Waals surface area contributed by atoms with Crippen molar-refractivity contribution in [2.45, 2.75) is 99.1 Å². The van der Waals surface area contributed by atoms with Crippen molar-refractivity contribution >= 4 is 11.9 Å². The zero-order chi connectivity index (χ0) is 21.2. The van der Waals surface area contributed by atoms with E-state index < -0.39 is 12.6 Å². The van der Waals surface area contributed by atoms with E-state index in [4.69, 9.17) is 14.2 Å². The normalized spacial score (nSPS) is 48.1. The Morgan fingerprint density at radius 2 is 1.45 bits per heavy atom. The first-order valence-corrected chi connectivity index (χ1v) is 11.5. The summed E-state index contributed by atoms with van der Waals surface area (Å²) >= 11 is 0. The maximum absolute atomic E-state index is 11.8. The first kappa shape index (κ1) is 21.1. The zero-order valence-electron chi connectivity index (χ0n) is 19.0. The van der Waals surface area contributed by atoms with E-state index in [1.807, 2.05) is 0 Å². The molecule has 0 aromatic rings. The van der Waals surface area contributed by atoms with E-state index in [1.54, 1.807) is 0 Å². The lowest BCUT2D eigenvalue weighted by atomic mass is 9.39. The molecule has 0 aromatic carbocycles. The van der Waals surface area contributed by atoms with Crippen LogP contribution in [0.4, 0.5) is 0 Å². The number of fused-ring (bicyclic) bond motifs is 5. The quantitative estimate of drug-likeness (QED) is 0.599. The molecule has 0 bridgehead atoms. The third kappa shape index (κ3) is 3.23. The fourth-order valence-electron chi connectivity index (χ4n) is 8.45. The van der Waals surface area contributed by atoms with Crippen molar-refractivity contribution in [3.8, 4) is 0 Å². The lowest BCUT2D eigenvalue weighted by Crippen LogP contribution is -2.60.